The largest absolute Gasteiger partial charge is 0.324 e. The van der Waals surface area contributed by atoms with Gasteiger partial charge in [-0.2, -0.15) is 12.7 Å². The van der Waals surface area contributed by atoms with Crippen LogP contribution in [0.2, 0.25) is 0 Å². The van der Waals surface area contributed by atoms with Crippen LogP contribution in [-0.2, 0) is 27.8 Å². The van der Waals surface area contributed by atoms with Gasteiger partial charge in [0.25, 0.3) is 0 Å². The van der Waals surface area contributed by atoms with E-state index >= 15 is 0 Å². The molecule has 0 heterocycles. The molecule has 162 valence electrons. The Hall–Kier alpha value is -2.90. The molecule has 0 saturated carbocycles. The highest BCUT2D eigenvalue weighted by Crippen LogP contribution is 2.35. The molecule has 31 heavy (non-hydrogen) atoms. The molecule has 1 N–H and O–H groups in total. The van der Waals surface area contributed by atoms with Crippen LogP contribution in [0.15, 0.2) is 48.5 Å². The van der Waals surface area contributed by atoms with E-state index in [-0.39, 0.29) is 12.5 Å². The van der Waals surface area contributed by atoms with Crippen LogP contribution in [-0.4, -0.2) is 39.3 Å². The van der Waals surface area contributed by atoms with Crippen LogP contribution >= 0.6 is 0 Å². The Balaban J connectivity index is 1.68. The van der Waals surface area contributed by atoms with E-state index in [1.54, 1.807) is 6.07 Å². The Bertz CT molecular complexity index is 1270. The maximum absolute atomic E-state index is 13.1. The van der Waals surface area contributed by atoms with E-state index in [1.165, 1.54) is 34.9 Å². The van der Waals surface area contributed by atoms with E-state index in [0.29, 0.717) is 11.4 Å². The second-order valence-electron chi connectivity index (χ2n) is 8.25. The van der Waals surface area contributed by atoms with E-state index in [4.69, 9.17) is 0 Å². The van der Waals surface area contributed by atoms with Crippen molar-refractivity contribution in [2.24, 2.45) is 0 Å². The summed E-state index contributed by atoms with van der Waals surface area (Å²) in [5.41, 5.74) is 5.49. The number of carbonyl (C=O) groups excluding carboxylic acids is 1. The van der Waals surface area contributed by atoms with Crippen molar-refractivity contribution >= 4 is 38.3 Å². The molecular weight excluding hydrogens is 410 g/mol. The summed E-state index contributed by atoms with van der Waals surface area (Å²) in [5.74, 6) is -0.384. The Labute approximate surface area is 183 Å². The van der Waals surface area contributed by atoms with Gasteiger partial charge in [-0.1, -0.05) is 36.4 Å². The maximum Gasteiger partial charge on any atom is 0.304 e. The van der Waals surface area contributed by atoms with Gasteiger partial charge in [0, 0.05) is 25.2 Å². The molecule has 0 bridgehead atoms. The zero-order valence-electron chi connectivity index (χ0n) is 18.3. The molecular formula is C24H27N3O3S. The summed E-state index contributed by atoms with van der Waals surface area (Å²) < 4.78 is 28.4. The first kappa shape index (κ1) is 21.3. The number of benzene rings is 3. The standard InChI is InChI=1S/C24H27N3O3S/c1-16-8-9-17(2)22(14-16)27(31(29,30)26(3)4)15-23(28)25-21-13-12-19-11-10-18-6-5-7-20(21)24(18)19/h5-9,12-14H,10-11,15H2,1-4H3,(H,25,28). The highest BCUT2D eigenvalue weighted by Gasteiger charge is 2.29. The fraction of sp³-hybridized carbons (Fsp3) is 0.292. The lowest BCUT2D eigenvalue weighted by atomic mass is 10.0. The average molecular weight is 438 g/mol. The van der Waals surface area contributed by atoms with E-state index in [2.05, 4.69) is 11.4 Å². The number of hydrogen-bond donors (Lipinski definition) is 1. The smallest absolute Gasteiger partial charge is 0.304 e. The molecule has 0 spiro atoms. The SMILES string of the molecule is Cc1ccc(C)c(N(CC(=O)Nc2ccc3c4c(cccc24)CC3)S(=O)(=O)N(C)C)c1. The lowest BCUT2D eigenvalue weighted by Crippen LogP contribution is -2.44. The number of hydrogen-bond acceptors (Lipinski definition) is 3. The van der Waals surface area contributed by atoms with Crippen LogP contribution in [0.4, 0.5) is 11.4 Å². The zero-order chi connectivity index (χ0) is 22.3. The van der Waals surface area contributed by atoms with E-state index in [0.717, 1.165) is 33.7 Å². The van der Waals surface area contributed by atoms with Gasteiger partial charge in [0.05, 0.1) is 5.69 Å². The highest BCUT2D eigenvalue weighted by molar-refractivity contribution is 7.90. The number of anilines is 2. The van der Waals surface area contributed by atoms with Gasteiger partial charge < -0.3 is 5.32 Å². The summed E-state index contributed by atoms with van der Waals surface area (Å²) in [6, 6.07) is 15.7. The second kappa shape index (κ2) is 7.98. The third-order valence-corrected chi connectivity index (χ3v) is 7.62. The molecule has 0 unspecified atom stereocenters. The zero-order valence-corrected chi connectivity index (χ0v) is 19.1. The van der Waals surface area contributed by atoms with Crippen LogP contribution in [0.1, 0.15) is 22.3 Å². The number of rotatable bonds is 6. The first-order valence-electron chi connectivity index (χ1n) is 10.3. The Morgan fingerprint density at radius 3 is 2.42 bits per heavy atom. The van der Waals surface area contributed by atoms with Crippen molar-refractivity contribution < 1.29 is 13.2 Å². The van der Waals surface area contributed by atoms with Crippen molar-refractivity contribution in [1.82, 2.24) is 4.31 Å². The topological polar surface area (TPSA) is 69.7 Å². The van der Waals surface area contributed by atoms with Gasteiger partial charge >= 0.3 is 10.2 Å². The van der Waals surface area contributed by atoms with Gasteiger partial charge in [-0.3, -0.25) is 4.79 Å². The molecule has 0 aromatic heterocycles. The number of carbonyl (C=O) groups is 1. The normalized spacial score (nSPS) is 13.1. The fourth-order valence-electron chi connectivity index (χ4n) is 4.15. The van der Waals surface area contributed by atoms with Crippen molar-refractivity contribution in [2.45, 2.75) is 26.7 Å². The quantitative estimate of drug-likeness (QED) is 0.638. The van der Waals surface area contributed by atoms with Crippen LogP contribution < -0.4 is 9.62 Å². The van der Waals surface area contributed by atoms with E-state index < -0.39 is 10.2 Å². The predicted octanol–water partition coefficient (Wildman–Crippen LogP) is 3.81. The van der Waals surface area contributed by atoms with Crippen molar-refractivity contribution in [2.75, 3.05) is 30.3 Å². The Kier molecular flexibility index (Phi) is 5.49. The van der Waals surface area contributed by atoms with Crippen LogP contribution in [0.5, 0.6) is 0 Å². The summed E-state index contributed by atoms with van der Waals surface area (Å²) >= 11 is 0. The van der Waals surface area contributed by atoms with Gasteiger partial charge in [-0.25, -0.2) is 4.31 Å². The molecule has 1 aliphatic rings. The average Bonchev–Trinajstić information content (AvgIpc) is 3.15. The molecule has 0 atom stereocenters. The lowest BCUT2D eigenvalue weighted by molar-refractivity contribution is -0.114. The van der Waals surface area contributed by atoms with Crippen molar-refractivity contribution in [3.63, 3.8) is 0 Å². The summed E-state index contributed by atoms with van der Waals surface area (Å²) in [6.45, 7) is 3.43. The number of aryl methyl sites for hydroxylation is 4. The van der Waals surface area contributed by atoms with Crippen molar-refractivity contribution in [1.29, 1.82) is 0 Å². The minimum atomic E-state index is -3.86. The summed E-state index contributed by atoms with van der Waals surface area (Å²) in [6.07, 6.45) is 2.01. The van der Waals surface area contributed by atoms with Gasteiger partial charge in [0.2, 0.25) is 5.91 Å². The molecule has 0 saturated heterocycles. The fourth-order valence-corrected chi connectivity index (χ4v) is 5.27. The molecule has 0 fully saturated rings. The number of nitrogens with one attached hydrogen (secondary N) is 1. The van der Waals surface area contributed by atoms with Gasteiger partial charge in [-0.05, 0) is 66.5 Å². The van der Waals surface area contributed by atoms with Crippen LogP contribution in [0.3, 0.4) is 0 Å². The molecule has 0 radical (unpaired) electrons. The molecule has 1 amide bonds. The highest BCUT2D eigenvalue weighted by atomic mass is 32.2. The van der Waals surface area contributed by atoms with Crippen LogP contribution in [0.25, 0.3) is 10.8 Å². The molecule has 6 nitrogen and oxygen atoms in total. The predicted molar refractivity (Wildman–Crippen MR) is 126 cm³/mol. The number of amides is 1. The molecule has 4 rings (SSSR count). The molecule has 0 aliphatic heterocycles. The van der Waals surface area contributed by atoms with E-state index in [9.17, 15) is 13.2 Å². The molecule has 3 aromatic carbocycles. The minimum absolute atomic E-state index is 0.312. The van der Waals surface area contributed by atoms with Gasteiger partial charge in [0.15, 0.2) is 0 Å². The molecule has 7 heteroatoms. The Morgan fingerprint density at radius 1 is 1.00 bits per heavy atom. The van der Waals surface area contributed by atoms with Gasteiger partial charge in [-0.15, -0.1) is 0 Å². The van der Waals surface area contributed by atoms with Crippen molar-refractivity contribution in [3.8, 4) is 0 Å². The van der Waals surface area contributed by atoms with Crippen LogP contribution in [0, 0.1) is 13.8 Å². The first-order valence-corrected chi connectivity index (χ1v) is 11.7. The third kappa shape index (κ3) is 3.91. The summed E-state index contributed by atoms with van der Waals surface area (Å²) in [5, 5.41) is 5.15. The van der Waals surface area contributed by atoms with Crippen molar-refractivity contribution in [3.05, 3.63) is 70.8 Å². The molecule has 1 aliphatic carbocycles. The number of nitrogens with zero attached hydrogens (tertiary/aromatic N) is 2. The van der Waals surface area contributed by atoms with Gasteiger partial charge in [0.1, 0.15) is 6.54 Å². The lowest BCUT2D eigenvalue weighted by Gasteiger charge is -2.28. The molecule has 3 aromatic rings. The maximum atomic E-state index is 13.1. The third-order valence-electron chi connectivity index (χ3n) is 5.81. The summed E-state index contributed by atoms with van der Waals surface area (Å²) in [4.78, 5) is 13.1. The van der Waals surface area contributed by atoms with E-state index in [1.807, 2.05) is 50.2 Å². The first-order chi connectivity index (χ1) is 14.7. The minimum Gasteiger partial charge on any atom is -0.324 e. The second-order valence-corrected chi connectivity index (χ2v) is 10.3. The summed E-state index contributed by atoms with van der Waals surface area (Å²) in [7, 11) is -0.925. The monoisotopic (exact) mass is 437 g/mol. The Morgan fingerprint density at radius 2 is 1.71 bits per heavy atom.